The minimum absolute atomic E-state index is 0.0591. The molecule has 0 bridgehead atoms. The molecule has 1 rings (SSSR count). The van der Waals surface area contributed by atoms with Crippen LogP contribution in [0.4, 0.5) is 0 Å². The Morgan fingerprint density at radius 2 is 2.00 bits per heavy atom. The fraction of sp³-hybridized carbons (Fsp3) is 0.562. The van der Waals surface area contributed by atoms with E-state index < -0.39 is 6.10 Å². The molecule has 0 heterocycles. The largest absolute Gasteiger partial charge is 0.481 e. The fourth-order valence-corrected chi connectivity index (χ4v) is 1.74. The summed E-state index contributed by atoms with van der Waals surface area (Å²) < 4.78 is 5.78. The summed E-state index contributed by atoms with van der Waals surface area (Å²) in [4.78, 5) is 11.8. The zero-order valence-corrected chi connectivity index (χ0v) is 12.6. The smallest absolute Gasteiger partial charge is 0.260 e. The summed E-state index contributed by atoms with van der Waals surface area (Å²) in [6, 6.07) is 6.18. The number of aryl methyl sites for hydroxylation is 1. The molecule has 1 N–H and O–H groups in total. The second-order valence-electron chi connectivity index (χ2n) is 5.23. The summed E-state index contributed by atoms with van der Waals surface area (Å²) in [7, 11) is 0. The summed E-state index contributed by atoms with van der Waals surface area (Å²) in [5.41, 5.74) is 2.28. The number of ether oxygens (including phenoxy) is 1. The SMILES string of the molecule is CCCNC(=O)C(C)Oc1cc(C(C)C)ccc1C. The molecule has 1 atom stereocenters. The maximum Gasteiger partial charge on any atom is 0.260 e. The Bertz CT molecular complexity index is 427. The molecule has 0 saturated heterocycles. The van der Waals surface area contributed by atoms with Gasteiger partial charge in [0, 0.05) is 6.54 Å². The molecule has 106 valence electrons. The van der Waals surface area contributed by atoms with Crippen molar-refractivity contribution in [1.29, 1.82) is 0 Å². The third kappa shape index (κ3) is 4.58. The van der Waals surface area contributed by atoms with Crippen LogP contribution >= 0.6 is 0 Å². The van der Waals surface area contributed by atoms with E-state index in [1.165, 1.54) is 5.56 Å². The maximum absolute atomic E-state index is 11.8. The van der Waals surface area contributed by atoms with Gasteiger partial charge in [0.15, 0.2) is 6.10 Å². The second-order valence-corrected chi connectivity index (χ2v) is 5.23. The van der Waals surface area contributed by atoms with Gasteiger partial charge in [-0.3, -0.25) is 4.79 Å². The molecule has 0 aliphatic carbocycles. The van der Waals surface area contributed by atoms with E-state index in [0.717, 1.165) is 17.7 Å². The quantitative estimate of drug-likeness (QED) is 0.854. The van der Waals surface area contributed by atoms with E-state index in [1.807, 2.05) is 26.0 Å². The van der Waals surface area contributed by atoms with Gasteiger partial charge in [-0.1, -0.05) is 32.9 Å². The average molecular weight is 263 g/mol. The lowest BCUT2D eigenvalue weighted by Gasteiger charge is -2.17. The summed E-state index contributed by atoms with van der Waals surface area (Å²) in [5.74, 6) is 1.19. The zero-order chi connectivity index (χ0) is 14.4. The van der Waals surface area contributed by atoms with Gasteiger partial charge < -0.3 is 10.1 Å². The van der Waals surface area contributed by atoms with Crippen molar-refractivity contribution < 1.29 is 9.53 Å². The monoisotopic (exact) mass is 263 g/mol. The third-order valence-corrected chi connectivity index (χ3v) is 3.10. The second kappa shape index (κ2) is 7.17. The predicted octanol–water partition coefficient (Wildman–Crippen LogP) is 3.41. The Morgan fingerprint density at radius 3 is 2.58 bits per heavy atom. The minimum atomic E-state index is -0.465. The first-order valence-corrected chi connectivity index (χ1v) is 7.00. The standard InChI is InChI=1S/C16H25NO2/c1-6-9-17-16(18)13(5)19-15-10-14(11(2)3)8-7-12(15)4/h7-8,10-11,13H,6,9H2,1-5H3,(H,17,18). The van der Waals surface area contributed by atoms with Crippen molar-refractivity contribution in [3.8, 4) is 5.75 Å². The number of hydrogen-bond acceptors (Lipinski definition) is 2. The summed E-state index contributed by atoms with van der Waals surface area (Å²) in [6.45, 7) is 10.8. The minimum Gasteiger partial charge on any atom is -0.481 e. The molecule has 1 amide bonds. The summed E-state index contributed by atoms with van der Waals surface area (Å²) in [5, 5.41) is 2.85. The van der Waals surface area contributed by atoms with Gasteiger partial charge in [-0.2, -0.15) is 0 Å². The summed E-state index contributed by atoms with van der Waals surface area (Å²) in [6.07, 6.45) is 0.466. The number of amides is 1. The normalized spacial score (nSPS) is 12.3. The van der Waals surface area contributed by atoms with E-state index in [4.69, 9.17) is 4.74 Å². The van der Waals surface area contributed by atoms with Crippen molar-refractivity contribution in [3.63, 3.8) is 0 Å². The van der Waals surface area contributed by atoms with Gasteiger partial charge in [0.25, 0.3) is 5.91 Å². The fourth-order valence-electron chi connectivity index (χ4n) is 1.74. The number of hydrogen-bond donors (Lipinski definition) is 1. The first-order valence-electron chi connectivity index (χ1n) is 7.00. The van der Waals surface area contributed by atoms with Crippen LogP contribution in [0.1, 0.15) is 51.2 Å². The van der Waals surface area contributed by atoms with Crippen molar-refractivity contribution in [3.05, 3.63) is 29.3 Å². The first kappa shape index (κ1) is 15.5. The summed E-state index contributed by atoms with van der Waals surface area (Å²) >= 11 is 0. The van der Waals surface area contributed by atoms with Crippen molar-refractivity contribution >= 4 is 5.91 Å². The van der Waals surface area contributed by atoms with Gasteiger partial charge in [-0.05, 0) is 43.4 Å². The van der Waals surface area contributed by atoms with Crippen LogP contribution in [0.3, 0.4) is 0 Å². The van der Waals surface area contributed by atoms with Gasteiger partial charge >= 0.3 is 0 Å². The van der Waals surface area contributed by atoms with Crippen LogP contribution in [0.5, 0.6) is 5.75 Å². The van der Waals surface area contributed by atoms with Gasteiger partial charge in [0.2, 0.25) is 0 Å². The van der Waals surface area contributed by atoms with Gasteiger partial charge in [-0.15, -0.1) is 0 Å². The highest BCUT2D eigenvalue weighted by Gasteiger charge is 2.15. The van der Waals surface area contributed by atoms with Crippen LogP contribution in [0.15, 0.2) is 18.2 Å². The van der Waals surface area contributed by atoms with E-state index >= 15 is 0 Å². The molecule has 19 heavy (non-hydrogen) atoms. The van der Waals surface area contributed by atoms with Crippen LogP contribution in [0.25, 0.3) is 0 Å². The van der Waals surface area contributed by atoms with Crippen LogP contribution in [0, 0.1) is 6.92 Å². The number of nitrogens with one attached hydrogen (secondary N) is 1. The molecule has 1 unspecified atom stereocenters. The topological polar surface area (TPSA) is 38.3 Å². The van der Waals surface area contributed by atoms with Crippen molar-refractivity contribution in [2.24, 2.45) is 0 Å². The first-order chi connectivity index (χ1) is 8.95. The Hall–Kier alpha value is -1.51. The molecule has 0 aromatic heterocycles. The molecular formula is C16H25NO2. The van der Waals surface area contributed by atoms with Crippen molar-refractivity contribution in [2.45, 2.75) is 53.1 Å². The lowest BCUT2D eigenvalue weighted by Crippen LogP contribution is -2.36. The molecule has 0 radical (unpaired) electrons. The number of carbonyl (C=O) groups excluding carboxylic acids is 1. The van der Waals surface area contributed by atoms with Crippen LogP contribution in [-0.4, -0.2) is 18.6 Å². The molecule has 0 saturated carbocycles. The van der Waals surface area contributed by atoms with E-state index in [-0.39, 0.29) is 5.91 Å². The molecule has 0 spiro atoms. The molecule has 0 aliphatic heterocycles. The Balaban J connectivity index is 2.75. The lowest BCUT2D eigenvalue weighted by atomic mass is 10.0. The van der Waals surface area contributed by atoms with E-state index in [2.05, 4.69) is 25.2 Å². The number of carbonyl (C=O) groups is 1. The van der Waals surface area contributed by atoms with Crippen molar-refractivity contribution in [2.75, 3.05) is 6.54 Å². The third-order valence-electron chi connectivity index (χ3n) is 3.10. The number of benzene rings is 1. The highest BCUT2D eigenvalue weighted by Crippen LogP contribution is 2.25. The molecule has 3 heteroatoms. The van der Waals surface area contributed by atoms with E-state index in [9.17, 15) is 4.79 Å². The zero-order valence-electron chi connectivity index (χ0n) is 12.6. The Morgan fingerprint density at radius 1 is 1.32 bits per heavy atom. The van der Waals surface area contributed by atoms with Crippen LogP contribution in [0.2, 0.25) is 0 Å². The molecular weight excluding hydrogens is 238 g/mol. The lowest BCUT2D eigenvalue weighted by molar-refractivity contribution is -0.127. The van der Waals surface area contributed by atoms with Gasteiger partial charge in [0.1, 0.15) is 5.75 Å². The molecule has 0 fully saturated rings. The van der Waals surface area contributed by atoms with E-state index in [0.29, 0.717) is 12.5 Å². The number of rotatable bonds is 6. The molecule has 1 aromatic carbocycles. The van der Waals surface area contributed by atoms with Crippen molar-refractivity contribution in [1.82, 2.24) is 5.32 Å². The van der Waals surface area contributed by atoms with Crippen LogP contribution < -0.4 is 10.1 Å². The molecule has 3 nitrogen and oxygen atoms in total. The van der Waals surface area contributed by atoms with Gasteiger partial charge in [-0.25, -0.2) is 0 Å². The molecule has 0 aliphatic rings. The highest BCUT2D eigenvalue weighted by atomic mass is 16.5. The average Bonchev–Trinajstić information content (AvgIpc) is 2.38. The van der Waals surface area contributed by atoms with Gasteiger partial charge in [0.05, 0.1) is 0 Å². The van der Waals surface area contributed by atoms with Crippen LogP contribution in [-0.2, 0) is 4.79 Å². The molecule has 1 aromatic rings. The Labute approximate surface area is 116 Å². The Kier molecular flexibility index (Phi) is 5.87. The highest BCUT2D eigenvalue weighted by molar-refractivity contribution is 5.80. The van der Waals surface area contributed by atoms with E-state index in [1.54, 1.807) is 6.92 Å². The predicted molar refractivity (Wildman–Crippen MR) is 78.7 cm³/mol. The maximum atomic E-state index is 11.8.